The molecular formula is C58H43N. The van der Waals surface area contributed by atoms with Crippen LogP contribution >= 0.6 is 0 Å². The highest BCUT2D eigenvalue weighted by Gasteiger charge is 2.46. The Balaban J connectivity index is 1.08. The summed E-state index contributed by atoms with van der Waals surface area (Å²) in [6.45, 7) is 4.73. The lowest BCUT2D eigenvalue weighted by atomic mass is 9.68. The van der Waals surface area contributed by atoms with Gasteiger partial charge >= 0.3 is 0 Å². The summed E-state index contributed by atoms with van der Waals surface area (Å²) in [5.41, 5.74) is 20.8. The van der Waals surface area contributed by atoms with Crippen molar-refractivity contribution in [2.24, 2.45) is 0 Å². The molecule has 0 saturated carbocycles. The van der Waals surface area contributed by atoms with E-state index in [4.69, 9.17) is 0 Å². The van der Waals surface area contributed by atoms with Crippen molar-refractivity contribution in [3.8, 4) is 44.5 Å². The van der Waals surface area contributed by atoms with Gasteiger partial charge in [0.25, 0.3) is 0 Å². The predicted octanol–water partition coefficient (Wildman–Crippen LogP) is 15.2. The zero-order valence-corrected chi connectivity index (χ0v) is 33.3. The minimum absolute atomic E-state index is 0.120. The van der Waals surface area contributed by atoms with Gasteiger partial charge in [-0.05, 0) is 114 Å². The van der Waals surface area contributed by atoms with Crippen LogP contribution in [0.15, 0.2) is 224 Å². The minimum atomic E-state index is -0.446. The molecule has 1 heteroatoms. The molecule has 9 aromatic carbocycles. The number of nitrogens with zero attached hydrogens (tertiary/aromatic N) is 1. The number of rotatable bonds is 7. The first-order chi connectivity index (χ1) is 29.0. The number of anilines is 3. The second-order valence-corrected chi connectivity index (χ2v) is 16.5. The summed E-state index contributed by atoms with van der Waals surface area (Å²) in [5.74, 6) is 0. The standard InChI is InChI=1S/C58H43N/c1-57(2)53-24-14-12-22-49(53)51-36-34-48(39-56(51)57)59(46-32-30-43(31-33-46)42-28-26-41(27-29-42)40-16-6-3-7-17-40)47-35-37-55-52(38-47)50-23-13-15-25-54(50)58(55,44-18-8-4-9-19-44)45-20-10-5-11-21-45/h3-39H,1-2H3. The minimum Gasteiger partial charge on any atom is -0.310 e. The molecule has 59 heavy (non-hydrogen) atoms. The molecule has 0 spiro atoms. The number of benzene rings is 9. The lowest BCUT2D eigenvalue weighted by Crippen LogP contribution is -2.28. The third-order valence-electron chi connectivity index (χ3n) is 13.0. The average Bonchev–Trinajstić information content (AvgIpc) is 3.73. The summed E-state index contributed by atoms with van der Waals surface area (Å²) in [7, 11) is 0. The van der Waals surface area contributed by atoms with Gasteiger partial charge in [0, 0.05) is 22.5 Å². The molecule has 2 aliphatic carbocycles. The van der Waals surface area contributed by atoms with E-state index in [2.05, 4.69) is 243 Å². The van der Waals surface area contributed by atoms with Gasteiger partial charge in [-0.3, -0.25) is 0 Å². The molecule has 0 amide bonds. The molecule has 9 aromatic rings. The van der Waals surface area contributed by atoms with Crippen LogP contribution in [0.25, 0.3) is 44.5 Å². The van der Waals surface area contributed by atoms with Crippen molar-refractivity contribution >= 4 is 17.1 Å². The molecule has 0 unspecified atom stereocenters. The van der Waals surface area contributed by atoms with Crippen molar-refractivity contribution in [3.63, 3.8) is 0 Å². The molecule has 0 atom stereocenters. The summed E-state index contributed by atoms with van der Waals surface area (Å²) < 4.78 is 0. The van der Waals surface area contributed by atoms with Crippen molar-refractivity contribution in [2.75, 3.05) is 4.90 Å². The molecule has 1 nitrogen and oxygen atoms in total. The van der Waals surface area contributed by atoms with E-state index in [-0.39, 0.29) is 5.41 Å². The maximum Gasteiger partial charge on any atom is 0.0713 e. The number of hydrogen-bond donors (Lipinski definition) is 0. The van der Waals surface area contributed by atoms with Gasteiger partial charge in [0.05, 0.1) is 5.41 Å². The van der Waals surface area contributed by atoms with Crippen molar-refractivity contribution < 1.29 is 0 Å². The lowest BCUT2D eigenvalue weighted by molar-refractivity contribution is 0.660. The Hall–Kier alpha value is -7.22. The molecule has 0 N–H and O–H groups in total. The summed E-state index contributed by atoms with van der Waals surface area (Å²) in [6, 6.07) is 82.9. The monoisotopic (exact) mass is 753 g/mol. The fraction of sp³-hybridized carbons (Fsp3) is 0.0690. The van der Waals surface area contributed by atoms with Gasteiger partial charge in [0.1, 0.15) is 0 Å². The first-order valence-corrected chi connectivity index (χ1v) is 20.7. The molecule has 0 saturated heterocycles. The molecule has 2 aliphatic rings. The van der Waals surface area contributed by atoms with E-state index in [0.717, 1.165) is 17.1 Å². The van der Waals surface area contributed by atoms with Crippen molar-refractivity contribution in [1.29, 1.82) is 0 Å². The van der Waals surface area contributed by atoms with Crippen LogP contribution in [-0.4, -0.2) is 0 Å². The molecule has 11 rings (SSSR count). The van der Waals surface area contributed by atoms with Gasteiger partial charge < -0.3 is 4.90 Å². The first-order valence-electron chi connectivity index (χ1n) is 20.7. The summed E-state index contributed by atoms with van der Waals surface area (Å²) >= 11 is 0. The van der Waals surface area contributed by atoms with Gasteiger partial charge in [-0.15, -0.1) is 0 Å². The second kappa shape index (κ2) is 13.7. The van der Waals surface area contributed by atoms with Crippen molar-refractivity contribution in [2.45, 2.75) is 24.7 Å². The van der Waals surface area contributed by atoms with E-state index >= 15 is 0 Å². The van der Waals surface area contributed by atoms with Gasteiger partial charge in [0.15, 0.2) is 0 Å². The van der Waals surface area contributed by atoms with Crippen LogP contribution in [0, 0.1) is 0 Å². The quantitative estimate of drug-likeness (QED) is 0.157. The molecule has 0 fully saturated rings. The Morgan fingerprint density at radius 2 is 0.695 bits per heavy atom. The smallest absolute Gasteiger partial charge is 0.0713 e. The van der Waals surface area contributed by atoms with E-state index in [9.17, 15) is 0 Å². The molecule has 0 bridgehead atoms. The average molecular weight is 754 g/mol. The highest BCUT2D eigenvalue weighted by Crippen LogP contribution is 2.57. The van der Waals surface area contributed by atoms with E-state index in [1.165, 1.54) is 77.9 Å². The van der Waals surface area contributed by atoms with Gasteiger partial charge in [0.2, 0.25) is 0 Å². The number of hydrogen-bond acceptors (Lipinski definition) is 1. The fourth-order valence-electron chi connectivity index (χ4n) is 10.1. The second-order valence-electron chi connectivity index (χ2n) is 16.5. The van der Waals surface area contributed by atoms with Crippen LogP contribution < -0.4 is 4.90 Å². The summed E-state index contributed by atoms with van der Waals surface area (Å²) in [5, 5.41) is 0. The highest BCUT2D eigenvalue weighted by atomic mass is 15.1. The third kappa shape index (κ3) is 5.46. The molecule has 0 radical (unpaired) electrons. The Morgan fingerprint density at radius 1 is 0.288 bits per heavy atom. The van der Waals surface area contributed by atoms with Gasteiger partial charge in [-0.2, -0.15) is 0 Å². The maximum atomic E-state index is 2.45. The lowest BCUT2D eigenvalue weighted by Gasteiger charge is -2.34. The predicted molar refractivity (Wildman–Crippen MR) is 247 cm³/mol. The SMILES string of the molecule is CC1(C)c2ccccc2-c2ccc(N(c3ccc(-c4ccc(-c5ccccc5)cc4)cc3)c3ccc4c(c3)-c3ccccc3C4(c3ccccc3)c3ccccc3)cc21. The van der Waals surface area contributed by atoms with E-state index in [1.54, 1.807) is 0 Å². The van der Waals surface area contributed by atoms with E-state index in [0.29, 0.717) is 0 Å². The zero-order chi connectivity index (χ0) is 39.6. The number of fused-ring (bicyclic) bond motifs is 6. The topological polar surface area (TPSA) is 3.24 Å². The van der Waals surface area contributed by atoms with Crippen molar-refractivity contribution in [3.05, 3.63) is 258 Å². The zero-order valence-electron chi connectivity index (χ0n) is 33.3. The highest BCUT2D eigenvalue weighted by molar-refractivity contribution is 5.91. The van der Waals surface area contributed by atoms with Crippen LogP contribution in [0.3, 0.4) is 0 Å². The Kier molecular flexibility index (Phi) is 8.13. The molecule has 0 heterocycles. The summed E-state index contributed by atoms with van der Waals surface area (Å²) in [6.07, 6.45) is 0. The maximum absolute atomic E-state index is 2.45. The van der Waals surface area contributed by atoms with Crippen LogP contribution in [0.4, 0.5) is 17.1 Å². The van der Waals surface area contributed by atoms with Gasteiger partial charge in [-0.25, -0.2) is 0 Å². The summed E-state index contributed by atoms with van der Waals surface area (Å²) in [4.78, 5) is 2.45. The van der Waals surface area contributed by atoms with Crippen LogP contribution in [-0.2, 0) is 10.8 Å². The normalized spacial score (nSPS) is 13.9. The molecular weight excluding hydrogens is 711 g/mol. The third-order valence-corrected chi connectivity index (χ3v) is 13.0. The van der Waals surface area contributed by atoms with Crippen LogP contribution in [0.1, 0.15) is 47.2 Å². The van der Waals surface area contributed by atoms with Crippen LogP contribution in [0.5, 0.6) is 0 Å². The van der Waals surface area contributed by atoms with Gasteiger partial charge in [-0.1, -0.05) is 202 Å². The largest absolute Gasteiger partial charge is 0.310 e. The Morgan fingerprint density at radius 3 is 1.31 bits per heavy atom. The molecule has 0 aliphatic heterocycles. The fourth-order valence-corrected chi connectivity index (χ4v) is 10.1. The Labute approximate surface area is 347 Å². The first kappa shape index (κ1) is 35.0. The van der Waals surface area contributed by atoms with E-state index in [1.807, 2.05) is 0 Å². The molecule has 280 valence electrons. The molecule has 0 aromatic heterocycles. The Bertz CT molecular complexity index is 2940. The van der Waals surface area contributed by atoms with Crippen molar-refractivity contribution in [1.82, 2.24) is 0 Å². The van der Waals surface area contributed by atoms with Crippen LogP contribution in [0.2, 0.25) is 0 Å². The van der Waals surface area contributed by atoms with E-state index < -0.39 is 5.41 Å².